The summed E-state index contributed by atoms with van der Waals surface area (Å²) in [7, 11) is 0. The number of amides is 1. The predicted octanol–water partition coefficient (Wildman–Crippen LogP) is 1.92. The minimum absolute atomic E-state index is 0.122. The number of pyridine rings is 1. The van der Waals surface area contributed by atoms with Gasteiger partial charge in [-0.25, -0.2) is 0 Å². The van der Waals surface area contributed by atoms with Crippen LogP contribution in [0.5, 0.6) is 0 Å². The molecule has 1 amide bonds. The molecule has 0 aliphatic heterocycles. The summed E-state index contributed by atoms with van der Waals surface area (Å²) in [4.78, 5) is 16.3. The zero-order chi connectivity index (χ0) is 13.8. The van der Waals surface area contributed by atoms with Crippen LogP contribution in [0.1, 0.15) is 43.6 Å². The number of hydrazine groups is 1. The average molecular weight is 262 g/mol. The predicted molar refractivity (Wildman–Crippen MR) is 75.5 cm³/mol. The number of hydrogen-bond donors (Lipinski definition) is 3. The third-order valence-electron chi connectivity index (χ3n) is 4.18. The molecule has 5 heteroatoms. The molecule has 1 saturated carbocycles. The summed E-state index contributed by atoms with van der Waals surface area (Å²) in [5.74, 6) is 6.38. The lowest BCUT2D eigenvalue weighted by Crippen LogP contribution is -2.43. The summed E-state index contributed by atoms with van der Waals surface area (Å²) >= 11 is 0. The van der Waals surface area contributed by atoms with Crippen molar-refractivity contribution in [1.29, 1.82) is 0 Å². The molecular weight excluding hydrogens is 240 g/mol. The van der Waals surface area contributed by atoms with Gasteiger partial charge in [-0.15, -0.1) is 0 Å². The molecule has 0 saturated heterocycles. The van der Waals surface area contributed by atoms with Gasteiger partial charge in [0, 0.05) is 12.2 Å². The largest absolute Gasteiger partial charge is 0.348 e. The van der Waals surface area contributed by atoms with Gasteiger partial charge in [-0.05, 0) is 30.4 Å². The molecule has 1 fully saturated rings. The first-order valence-corrected chi connectivity index (χ1v) is 6.85. The Labute approximate surface area is 114 Å². The Morgan fingerprint density at radius 1 is 1.42 bits per heavy atom. The number of nitrogens with zero attached hydrogens (tertiary/aromatic N) is 1. The molecule has 3 atom stereocenters. The molecule has 0 bridgehead atoms. The molecule has 1 aliphatic rings. The van der Waals surface area contributed by atoms with Crippen LogP contribution in [0.2, 0.25) is 0 Å². The molecule has 1 aromatic heterocycles. The minimum Gasteiger partial charge on any atom is -0.348 e. The van der Waals surface area contributed by atoms with E-state index in [0.717, 1.165) is 6.42 Å². The highest BCUT2D eigenvalue weighted by atomic mass is 16.1. The van der Waals surface area contributed by atoms with Crippen molar-refractivity contribution in [2.75, 3.05) is 5.43 Å². The summed E-state index contributed by atoms with van der Waals surface area (Å²) in [6.07, 6.45) is 5.05. The Balaban J connectivity index is 2.03. The molecule has 5 nitrogen and oxygen atoms in total. The van der Waals surface area contributed by atoms with E-state index in [1.54, 1.807) is 18.3 Å². The summed E-state index contributed by atoms with van der Waals surface area (Å²) in [5, 5.41) is 3.10. The average Bonchev–Trinajstić information content (AvgIpc) is 2.44. The smallest absolute Gasteiger partial charge is 0.270 e. The highest BCUT2D eigenvalue weighted by Gasteiger charge is 2.28. The van der Waals surface area contributed by atoms with E-state index in [-0.39, 0.29) is 11.9 Å². The van der Waals surface area contributed by atoms with Crippen LogP contribution in [-0.4, -0.2) is 16.9 Å². The van der Waals surface area contributed by atoms with Gasteiger partial charge in [0.15, 0.2) is 0 Å². The van der Waals surface area contributed by atoms with Gasteiger partial charge in [-0.2, -0.15) is 0 Å². The van der Waals surface area contributed by atoms with Crippen molar-refractivity contribution in [3.63, 3.8) is 0 Å². The topological polar surface area (TPSA) is 80.0 Å². The van der Waals surface area contributed by atoms with Crippen LogP contribution in [0.15, 0.2) is 18.3 Å². The lowest BCUT2D eigenvalue weighted by atomic mass is 9.78. The quantitative estimate of drug-likeness (QED) is 0.574. The van der Waals surface area contributed by atoms with E-state index < -0.39 is 0 Å². The van der Waals surface area contributed by atoms with Gasteiger partial charge in [0.25, 0.3) is 5.91 Å². The van der Waals surface area contributed by atoms with Crippen LogP contribution in [0.25, 0.3) is 0 Å². The number of aromatic nitrogens is 1. The van der Waals surface area contributed by atoms with Crippen molar-refractivity contribution < 1.29 is 4.79 Å². The van der Waals surface area contributed by atoms with Crippen molar-refractivity contribution in [2.45, 2.75) is 39.2 Å². The van der Waals surface area contributed by atoms with Crippen LogP contribution >= 0.6 is 0 Å². The molecule has 2 rings (SSSR count). The van der Waals surface area contributed by atoms with Crippen molar-refractivity contribution in [3.8, 4) is 0 Å². The lowest BCUT2D eigenvalue weighted by molar-refractivity contribution is 0.0886. The number of nitrogens with two attached hydrogens (primary N) is 1. The maximum absolute atomic E-state index is 12.2. The van der Waals surface area contributed by atoms with E-state index >= 15 is 0 Å². The third-order valence-corrected chi connectivity index (χ3v) is 4.18. The third kappa shape index (κ3) is 3.23. The molecule has 0 aromatic carbocycles. The van der Waals surface area contributed by atoms with Gasteiger partial charge >= 0.3 is 0 Å². The zero-order valence-corrected chi connectivity index (χ0v) is 11.5. The highest BCUT2D eigenvalue weighted by molar-refractivity contribution is 5.93. The second-order valence-corrected chi connectivity index (χ2v) is 5.42. The van der Waals surface area contributed by atoms with Crippen LogP contribution < -0.4 is 16.6 Å². The van der Waals surface area contributed by atoms with Crippen LogP contribution in [0, 0.1) is 11.8 Å². The number of anilines is 1. The van der Waals surface area contributed by atoms with Crippen molar-refractivity contribution in [3.05, 3.63) is 24.0 Å². The second kappa shape index (κ2) is 6.02. The Hall–Kier alpha value is -1.62. The first-order valence-electron chi connectivity index (χ1n) is 6.85. The molecular formula is C14H22N4O. The molecule has 1 aliphatic carbocycles. The van der Waals surface area contributed by atoms with Crippen molar-refractivity contribution in [1.82, 2.24) is 10.3 Å². The Morgan fingerprint density at radius 3 is 2.95 bits per heavy atom. The van der Waals surface area contributed by atoms with Gasteiger partial charge < -0.3 is 10.7 Å². The van der Waals surface area contributed by atoms with Crippen LogP contribution in [0.3, 0.4) is 0 Å². The highest BCUT2D eigenvalue weighted by Crippen LogP contribution is 2.29. The molecule has 19 heavy (non-hydrogen) atoms. The van der Waals surface area contributed by atoms with Gasteiger partial charge in [0.2, 0.25) is 0 Å². The maximum Gasteiger partial charge on any atom is 0.270 e. The first-order chi connectivity index (χ1) is 9.11. The fourth-order valence-corrected chi connectivity index (χ4v) is 2.67. The number of nitrogens with one attached hydrogen (secondary N) is 2. The number of hydrogen-bond acceptors (Lipinski definition) is 4. The monoisotopic (exact) mass is 262 g/mol. The molecule has 3 unspecified atom stereocenters. The van der Waals surface area contributed by atoms with Gasteiger partial charge in [0.05, 0.1) is 5.69 Å². The number of nitrogen functional groups attached to an aromatic ring is 1. The van der Waals surface area contributed by atoms with Crippen LogP contribution in [0.4, 0.5) is 5.69 Å². The maximum atomic E-state index is 12.2. The van der Waals surface area contributed by atoms with Crippen LogP contribution in [-0.2, 0) is 0 Å². The number of carbonyl (C=O) groups is 1. The van der Waals surface area contributed by atoms with E-state index in [1.165, 1.54) is 12.8 Å². The van der Waals surface area contributed by atoms with Gasteiger partial charge in [-0.3, -0.25) is 15.6 Å². The fraction of sp³-hybridized carbons (Fsp3) is 0.571. The molecule has 1 aromatic rings. The van der Waals surface area contributed by atoms with E-state index in [0.29, 0.717) is 23.2 Å². The SMILES string of the molecule is CC1CCCC(NC(=O)c2cc(NN)ccn2)C1C. The van der Waals surface area contributed by atoms with E-state index in [2.05, 4.69) is 29.6 Å². The first kappa shape index (κ1) is 13.8. The van der Waals surface area contributed by atoms with E-state index in [1.807, 2.05) is 0 Å². The molecule has 104 valence electrons. The second-order valence-electron chi connectivity index (χ2n) is 5.42. The summed E-state index contributed by atoms with van der Waals surface area (Å²) in [6, 6.07) is 3.63. The Bertz CT molecular complexity index is 449. The lowest BCUT2D eigenvalue weighted by Gasteiger charge is -2.34. The molecule has 0 spiro atoms. The van der Waals surface area contributed by atoms with Gasteiger partial charge in [-0.1, -0.05) is 26.7 Å². The van der Waals surface area contributed by atoms with Crippen molar-refractivity contribution in [2.24, 2.45) is 17.7 Å². The summed E-state index contributed by atoms with van der Waals surface area (Å²) < 4.78 is 0. The van der Waals surface area contributed by atoms with Gasteiger partial charge in [0.1, 0.15) is 5.69 Å². The zero-order valence-electron chi connectivity index (χ0n) is 11.5. The summed E-state index contributed by atoms with van der Waals surface area (Å²) in [6.45, 7) is 4.46. The number of carbonyl (C=O) groups excluding carboxylic acids is 1. The molecule has 4 N–H and O–H groups in total. The van der Waals surface area contributed by atoms with E-state index in [9.17, 15) is 4.79 Å². The molecule has 0 radical (unpaired) electrons. The number of rotatable bonds is 3. The fourth-order valence-electron chi connectivity index (χ4n) is 2.67. The molecule has 1 heterocycles. The summed E-state index contributed by atoms with van der Waals surface area (Å²) in [5.41, 5.74) is 3.61. The van der Waals surface area contributed by atoms with Crippen molar-refractivity contribution >= 4 is 11.6 Å². The van der Waals surface area contributed by atoms with E-state index in [4.69, 9.17) is 5.84 Å². The normalized spacial score (nSPS) is 26.8. The minimum atomic E-state index is -0.122. The Kier molecular flexibility index (Phi) is 4.37. The Morgan fingerprint density at radius 2 is 2.21 bits per heavy atom. The standard InChI is InChI=1S/C14H22N4O/c1-9-4-3-5-12(10(9)2)17-14(19)13-8-11(18-15)6-7-16-13/h6-10,12H,3-5,15H2,1-2H3,(H,16,18)(H,17,19).